The topological polar surface area (TPSA) is 70.7 Å². The van der Waals surface area contributed by atoms with Crippen LogP contribution in [-0.2, 0) is 11.2 Å². The fourth-order valence-corrected chi connectivity index (χ4v) is 3.33. The molecule has 0 aromatic heterocycles. The Morgan fingerprint density at radius 2 is 1.82 bits per heavy atom. The molecule has 2 aromatic rings. The summed E-state index contributed by atoms with van der Waals surface area (Å²) < 4.78 is 5.11. The lowest BCUT2D eigenvalue weighted by molar-refractivity contribution is -0.119. The van der Waals surface area contributed by atoms with Gasteiger partial charge in [-0.05, 0) is 61.0 Å². The van der Waals surface area contributed by atoms with E-state index >= 15 is 0 Å². The van der Waals surface area contributed by atoms with Crippen molar-refractivity contribution in [1.29, 1.82) is 0 Å². The normalized spacial score (nSPS) is 13.1. The summed E-state index contributed by atoms with van der Waals surface area (Å²) in [5.41, 5.74) is 2.14. The van der Waals surface area contributed by atoms with E-state index in [9.17, 15) is 9.59 Å². The summed E-state index contributed by atoms with van der Waals surface area (Å²) >= 11 is 5.23. The Labute approximate surface area is 169 Å². The average molecular weight is 398 g/mol. The Hall–Kier alpha value is -2.93. The summed E-state index contributed by atoms with van der Waals surface area (Å²) in [6.45, 7) is 1.60. The molecule has 2 aromatic carbocycles. The van der Waals surface area contributed by atoms with Crippen LogP contribution in [0.2, 0.25) is 0 Å². The van der Waals surface area contributed by atoms with Crippen molar-refractivity contribution in [3.8, 4) is 5.75 Å². The predicted molar refractivity (Wildman–Crippen MR) is 113 cm³/mol. The quantitative estimate of drug-likeness (QED) is 0.759. The lowest BCUT2D eigenvalue weighted by atomic mass is 10.1. The molecular formula is C21H23N3O3S. The highest BCUT2D eigenvalue weighted by Gasteiger charge is 2.19. The molecule has 28 heavy (non-hydrogen) atoms. The molecule has 3 rings (SSSR count). The fourth-order valence-electron chi connectivity index (χ4n) is 3.09. The molecule has 0 atom stereocenters. The molecule has 1 fully saturated rings. The SMILES string of the molecule is COc1ccc(CC(=O)NC(=S)Nc2cccc(C(=O)N3CCCC3)c2)cc1. The van der Waals surface area contributed by atoms with Crippen molar-refractivity contribution in [2.75, 3.05) is 25.5 Å². The molecule has 146 valence electrons. The van der Waals surface area contributed by atoms with Gasteiger partial charge in [0.25, 0.3) is 5.91 Å². The number of nitrogens with zero attached hydrogens (tertiary/aromatic N) is 1. The van der Waals surface area contributed by atoms with Crippen LogP contribution in [0.15, 0.2) is 48.5 Å². The number of thiocarbonyl (C=S) groups is 1. The summed E-state index contributed by atoms with van der Waals surface area (Å²) in [7, 11) is 1.60. The number of nitrogens with one attached hydrogen (secondary N) is 2. The second-order valence-corrected chi connectivity index (χ2v) is 7.02. The number of anilines is 1. The Morgan fingerprint density at radius 1 is 1.11 bits per heavy atom. The summed E-state index contributed by atoms with van der Waals surface area (Å²) in [6, 6.07) is 14.4. The van der Waals surface area contributed by atoms with Crippen LogP contribution < -0.4 is 15.4 Å². The van der Waals surface area contributed by atoms with E-state index in [1.165, 1.54) is 0 Å². The lowest BCUT2D eigenvalue weighted by Gasteiger charge is -2.16. The van der Waals surface area contributed by atoms with Gasteiger partial charge in [0.1, 0.15) is 5.75 Å². The molecule has 2 amide bonds. The summed E-state index contributed by atoms with van der Waals surface area (Å²) in [6.07, 6.45) is 2.31. The predicted octanol–water partition coefficient (Wildman–Crippen LogP) is 2.99. The minimum absolute atomic E-state index is 0.0237. The fraction of sp³-hybridized carbons (Fsp3) is 0.286. The minimum atomic E-state index is -0.216. The van der Waals surface area contributed by atoms with Crippen LogP contribution >= 0.6 is 12.2 Å². The molecule has 0 aliphatic carbocycles. The number of amides is 2. The van der Waals surface area contributed by atoms with Gasteiger partial charge in [-0.2, -0.15) is 0 Å². The van der Waals surface area contributed by atoms with Gasteiger partial charge < -0.3 is 20.3 Å². The number of benzene rings is 2. The molecule has 0 unspecified atom stereocenters. The van der Waals surface area contributed by atoms with E-state index in [0.717, 1.165) is 37.2 Å². The Balaban J connectivity index is 1.54. The van der Waals surface area contributed by atoms with Crippen LogP contribution in [0.1, 0.15) is 28.8 Å². The highest BCUT2D eigenvalue weighted by Crippen LogP contribution is 2.16. The molecule has 0 radical (unpaired) electrons. The van der Waals surface area contributed by atoms with Crippen molar-refractivity contribution in [2.24, 2.45) is 0 Å². The largest absolute Gasteiger partial charge is 0.497 e. The molecule has 1 saturated heterocycles. The van der Waals surface area contributed by atoms with Gasteiger partial charge >= 0.3 is 0 Å². The number of hydrogen-bond donors (Lipinski definition) is 2. The molecule has 1 heterocycles. The molecule has 2 N–H and O–H groups in total. The van der Waals surface area contributed by atoms with E-state index in [1.807, 2.05) is 35.2 Å². The maximum absolute atomic E-state index is 12.5. The molecule has 0 spiro atoms. The Bertz CT molecular complexity index is 861. The molecule has 7 heteroatoms. The number of methoxy groups -OCH3 is 1. The van der Waals surface area contributed by atoms with Crippen molar-refractivity contribution >= 4 is 34.8 Å². The van der Waals surface area contributed by atoms with Crippen molar-refractivity contribution < 1.29 is 14.3 Å². The lowest BCUT2D eigenvalue weighted by Crippen LogP contribution is -2.35. The van der Waals surface area contributed by atoms with Crippen LogP contribution in [-0.4, -0.2) is 42.0 Å². The van der Waals surface area contributed by atoms with Gasteiger partial charge in [-0.25, -0.2) is 0 Å². The third kappa shape index (κ3) is 5.29. The second-order valence-electron chi connectivity index (χ2n) is 6.61. The number of ether oxygens (including phenoxy) is 1. The van der Waals surface area contributed by atoms with Crippen LogP contribution in [0.25, 0.3) is 0 Å². The molecule has 0 bridgehead atoms. The van der Waals surface area contributed by atoms with Gasteiger partial charge in [0.05, 0.1) is 13.5 Å². The Kier molecular flexibility index (Phi) is 6.60. The molecule has 1 aliphatic rings. The summed E-state index contributed by atoms with van der Waals surface area (Å²) in [5.74, 6) is 0.548. The summed E-state index contributed by atoms with van der Waals surface area (Å²) in [5, 5.41) is 5.83. The van der Waals surface area contributed by atoms with Gasteiger partial charge in [0.15, 0.2) is 5.11 Å². The standard InChI is InChI=1S/C21H23N3O3S/c1-27-18-9-7-15(8-10-18)13-19(25)23-21(28)22-17-6-4-5-16(14-17)20(26)24-11-2-3-12-24/h4-10,14H,2-3,11-13H2,1H3,(H2,22,23,25,28). The van der Waals surface area contributed by atoms with Gasteiger partial charge in [-0.3, -0.25) is 9.59 Å². The zero-order valence-electron chi connectivity index (χ0n) is 15.7. The summed E-state index contributed by atoms with van der Waals surface area (Å²) in [4.78, 5) is 26.5. The Morgan fingerprint density at radius 3 is 2.50 bits per heavy atom. The van der Waals surface area contributed by atoms with Crippen LogP contribution in [0.3, 0.4) is 0 Å². The molecule has 0 saturated carbocycles. The number of likely N-dealkylation sites (tertiary alicyclic amines) is 1. The highest BCUT2D eigenvalue weighted by molar-refractivity contribution is 7.80. The van der Waals surface area contributed by atoms with E-state index in [1.54, 1.807) is 25.3 Å². The van der Waals surface area contributed by atoms with Gasteiger partial charge in [0.2, 0.25) is 5.91 Å². The maximum Gasteiger partial charge on any atom is 0.253 e. The van der Waals surface area contributed by atoms with Crippen molar-refractivity contribution in [3.05, 3.63) is 59.7 Å². The van der Waals surface area contributed by atoms with E-state index in [2.05, 4.69) is 10.6 Å². The van der Waals surface area contributed by atoms with Crippen LogP contribution in [0.4, 0.5) is 5.69 Å². The van der Waals surface area contributed by atoms with Gasteiger partial charge in [-0.15, -0.1) is 0 Å². The van der Waals surface area contributed by atoms with E-state index < -0.39 is 0 Å². The first-order chi connectivity index (χ1) is 13.5. The second kappa shape index (κ2) is 9.32. The molecule has 6 nitrogen and oxygen atoms in total. The van der Waals surface area contributed by atoms with E-state index in [4.69, 9.17) is 17.0 Å². The smallest absolute Gasteiger partial charge is 0.253 e. The van der Waals surface area contributed by atoms with E-state index in [0.29, 0.717) is 11.3 Å². The first-order valence-corrected chi connectivity index (χ1v) is 9.59. The monoisotopic (exact) mass is 397 g/mol. The highest BCUT2D eigenvalue weighted by atomic mass is 32.1. The number of hydrogen-bond acceptors (Lipinski definition) is 4. The molecule has 1 aliphatic heterocycles. The number of rotatable bonds is 5. The maximum atomic E-state index is 12.5. The molecular weight excluding hydrogens is 374 g/mol. The average Bonchev–Trinajstić information content (AvgIpc) is 3.22. The van der Waals surface area contributed by atoms with E-state index in [-0.39, 0.29) is 23.3 Å². The third-order valence-electron chi connectivity index (χ3n) is 4.54. The van der Waals surface area contributed by atoms with Crippen molar-refractivity contribution in [3.63, 3.8) is 0 Å². The van der Waals surface area contributed by atoms with Gasteiger partial charge in [0, 0.05) is 24.3 Å². The van der Waals surface area contributed by atoms with Crippen molar-refractivity contribution in [2.45, 2.75) is 19.3 Å². The van der Waals surface area contributed by atoms with Gasteiger partial charge in [-0.1, -0.05) is 18.2 Å². The third-order valence-corrected chi connectivity index (χ3v) is 4.74. The number of carbonyl (C=O) groups excluding carboxylic acids is 2. The first kappa shape index (κ1) is 19.8. The van der Waals surface area contributed by atoms with Crippen LogP contribution in [0.5, 0.6) is 5.75 Å². The number of carbonyl (C=O) groups is 2. The first-order valence-electron chi connectivity index (χ1n) is 9.18. The van der Waals surface area contributed by atoms with Crippen molar-refractivity contribution in [1.82, 2.24) is 10.2 Å². The zero-order chi connectivity index (χ0) is 19.9. The minimum Gasteiger partial charge on any atom is -0.497 e. The van der Waals surface area contributed by atoms with Crippen LogP contribution in [0, 0.1) is 0 Å². The zero-order valence-corrected chi connectivity index (χ0v) is 16.6.